The fourth-order valence-corrected chi connectivity index (χ4v) is 5.18. The molecule has 4 nitrogen and oxygen atoms in total. The van der Waals surface area contributed by atoms with E-state index in [1.165, 1.54) is 0 Å². The molecule has 0 amide bonds. The summed E-state index contributed by atoms with van der Waals surface area (Å²) in [5, 5.41) is 28.0. The van der Waals surface area contributed by atoms with Gasteiger partial charge in [0.2, 0.25) is 0 Å². The van der Waals surface area contributed by atoms with Crippen LogP contribution in [0.3, 0.4) is 0 Å². The Hall–Kier alpha value is -2.07. The minimum Gasteiger partial charge on any atom is -0.872 e. The zero-order chi connectivity index (χ0) is 36.3. The van der Waals surface area contributed by atoms with Crippen LogP contribution in [0.4, 0.5) is 11.4 Å². The van der Waals surface area contributed by atoms with E-state index >= 15 is 0 Å². The van der Waals surface area contributed by atoms with E-state index in [0.717, 1.165) is 33.6 Å². The van der Waals surface area contributed by atoms with Gasteiger partial charge in [-0.15, -0.1) is 15.8 Å². The maximum absolute atomic E-state index is 13.6. The number of benzene rings is 4. The quantitative estimate of drug-likeness (QED) is 0.0768. The van der Waals surface area contributed by atoms with Crippen molar-refractivity contribution in [3.05, 3.63) is 109 Å². The summed E-state index contributed by atoms with van der Waals surface area (Å²) in [6.07, 6.45) is 3.23. The van der Waals surface area contributed by atoms with Crippen molar-refractivity contribution in [2.24, 2.45) is 9.98 Å². The topological polar surface area (TPSA) is 70.8 Å². The molecule has 0 N–H and O–H groups in total. The molecule has 0 fully saturated rings. The third-order valence-electron chi connectivity index (χ3n) is 7.50. The van der Waals surface area contributed by atoms with Crippen molar-refractivity contribution in [3.63, 3.8) is 0 Å². The first-order valence-electron chi connectivity index (χ1n) is 17.0. The van der Waals surface area contributed by atoms with Gasteiger partial charge in [0.05, 0.1) is 11.4 Å². The van der Waals surface area contributed by atoms with Crippen molar-refractivity contribution in [2.45, 2.75) is 79.1 Å². The molecule has 0 atom stereocenters. The van der Waals surface area contributed by atoms with E-state index in [1.807, 2.05) is 12.1 Å². The summed E-state index contributed by atoms with van der Waals surface area (Å²) < 4.78 is 0. The summed E-state index contributed by atoms with van der Waals surface area (Å²) in [6, 6.07) is 19.6. The number of hydrogen-bond donors (Lipinski definition) is 0. The summed E-state index contributed by atoms with van der Waals surface area (Å²) in [5.41, 5.74) is 7.17. The SMILES string of the molecule is CC(C)c1cccc(C(C)C)c1N=Cc1ccc2ccc(C=Nc3c(C(C)C)cccc3C(C)C)c([O-])c2c1[O-].CP(C)C.CP(C)C.[CH3-].[CH3-].[Ni+2].[Ni+2]. The number of para-hydroxylation sites is 2. The average Bonchev–Trinajstić information content (AvgIpc) is 2.99. The molecule has 0 saturated heterocycles. The van der Waals surface area contributed by atoms with E-state index in [2.05, 4.69) is 132 Å². The Bertz CT molecular complexity index is 1520. The van der Waals surface area contributed by atoms with Crippen LogP contribution in [0.15, 0.2) is 70.6 Å². The molecule has 0 bridgehead atoms. The van der Waals surface area contributed by atoms with Crippen LogP contribution in [0.2, 0.25) is 0 Å². The summed E-state index contributed by atoms with van der Waals surface area (Å²) in [6.45, 7) is 30.5. The van der Waals surface area contributed by atoms with Crippen LogP contribution in [0, 0.1) is 14.9 Å². The van der Waals surface area contributed by atoms with Crippen molar-refractivity contribution in [2.75, 3.05) is 40.0 Å². The normalized spacial score (nSPS) is 10.9. The third kappa shape index (κ3) is 15.7. The van der Waals surface area contributed by atoms with Crippen LogP contribution < -0.4 is 10.2 Å². The summed E-state index contributed by atoms with van der Waals surface area (Å²) >= 11 is 0. The van der Waals surface area contributed by atoms with Gasteiger partial charge in [-0.3, -0.25) is 9.98 Å². The van der Waals surface area contributed by atoms with Gasteiger partial charge in [0, 0.05) is 12.4 Å². The standard InChI is InChI=1S/C36H42N2O2.2C3H9P.2CH3.2Ni/c1-21(2)28-11-9-12-29(22(3)4)33(28)37-19-26-17-15-25-16-18-27(36(40)32(25)35(26)39)20-38-34-30(23(5)6)13-10-14-31(34)24(7)8;2*1-4(2)3;;;;/h9-24,39-40H,1-8H3;2*1-3H3;2*1H3;;/q;;;2*-1;2*+2/p-2. The zero-order valence-electron chi connectivity index (χ0n) is 34.5. The van der Waals surface area contributed by atoms with Gasteiger partial charge in [-0.05, 0) is 108 Å². The van der Waals surface area contributed by atoms with Crippen LogP contribution in [-0.2, 0) is 33.0 Å². The fraction of sp³-hybridized carbons (Fsp3) is 0.409. The molecule has 52 heavy (non-hydrogen) atoms. The van der Waals surface area contributed by atoms with Gasteiger partial charge in [0.25, 0.3) is 0 Å². The molecule has 0 aromatic heterocycles. The molecular weight excluding hydrogens is 768 g/mol. The van der Waals surface area contributed by atoms with E-state index in [-0.39, 0.29) is 64.7 Å². The van der Waals surface area contributed by atoms with E-state index < -0.39 is 0 Å². The first-order chi connectivity index (χ1) is 22.5. The second kappa shape index (κ2) is 25.9. The molecule has 0 unspecified atom stereocenters. The Morgan fingerprint density at radius 2 is 0.731 bits per heavy atom. The number of nitrogens with zero attached hydrogens (tertiary/aromatic N) is 2. The van der Waals surface area contributed by atoms with Crippen LogP contribution in [0.25, 0.3) is 10.8 Å². The van der Waals surface area contributed by atoms with Crippen LogP contribution in [0.1, 0.15) is 112 Å². The van der Waals surface area contributed by atoms with Gasteiger partial charge in [0.1, 0.15) is 0 Å². The van der Waals surface area contributed by atoms with Gasteiger partial charge >= 0.3 is 33.0 Å². The van der Waals surface area contributed by atoms with Crippen LogP contribution >= 0.6 is 15.8 Å². The molecule has 0 radical (unpaired) electrons. The Labute approximate surface area is 341 Å². The third-order valence-corrected chi connectivity index (χ3v) is 7.50. The van der Waals surface area contributed by atoms with Crippen LogP contribution in [0.5, 0.6) is 11.5 Å². The second-order valence-corrected chi connectivity index (χ2v) is 19.8. The average molecular weight is 832 g/mol. The second-order valence-electron chi connectivity index (χ2n) is 14.5. The van der Waals surface area contributed by atoms with Gasteiger partial charge in [-0.1, -0.05) is 128 Å². The maximum atomic E-state index is 13.6. The number of rotatable bonds is 8. The van der Waals surface area contributed by atoms with Gasteiger partial charge in [0.15, 0.2) is 0 Å². The molecule has 0 spiro atoms. The van der Waals surface area contributed by atoms with Crippen molar-refractivity contribution >= 4 is 50.4 Å². The molecule has 0 aliphatic rings. The Balaban J connectivity index is -0.00000182. The maximum Gasteiger partial charge on any atom is 2.00 e. The van der Waals surface area contributed by atoms with Crippen molar-refractivity contribution < 1.29 is 43.2 Å². The summed E-state index contributed by atoms with van der Waals surface area (Å²) in [5.74, 6) is 0.561. The minimum absolute atomic E-state index is 0. The molecule has 4 aromatic rings. The monoisotopic (exact) mass is 830 g/mol. The Kier molecular flexibility index (Phi) is 27.0. The minimum atomic E-state index is -0.305. The number of aliphatic imine (C=N–C) groups is 2. The van der Waals surface area contributed by atoms with Crippen molar-refractivity contribution in [3.8, 4) is 11.5 Å². The molecule has 0 heterocycles. The van der Waals surface area contributed by atoms with E-state index in [4.69, 9.17) is 9.98 Å². The molecule has 292 valence electrons. The van der Waals surface area contributed by atoms with E-state index in [0.29, 0.717) is 56.0 Å². The molecule has 4 rings (SSSR count). The molecule has 8 heteroatoms. The Morgan fingerprint density at radius 1 is 0.481 bits per heavy atom. The van der Waals surface area contributed by atoms with Gasteiger partial charge in [-0.25, -0.2) is 0 Å². The zero-order valence-corrected chi connectivity index (χ0v) is 38.2. The molecule has 4 aromatic carbocycles. The molecule has 0 aliphatic heterocycles. The number of fused-ring (bicyclic) bond motifs is 1. The predicted octanol–water partition coefficient (Wildman–Crippen LogP) is 12.6. The summed E-state index contributed by atoms with van der Waals surface area (Å²) in [4.78, 5) is 9.63. The largest absolute Gasteiger partial charge is 2.00 e. The first-order valence-corrected chi connectivity index (χ1v) is 22.3. The summed E-state index contributed by atoms with van der Waals surface area (Å²) in [7, 11) is 0.759. The smallest absolute Gasteiger partial charge is 0.872 e. The van der Waals surface area contributed by atoms with Crippen LogP contribution in [-0.4, -0.2) is 52.4 Å². The number of hydrogen-bond acceptors (Lipinski definition) is 4. The molecule has 0 aliphatic carbocycles. The fourth-order valence-electron chi connectivity index (χ4n) is 5.18. The Morgan fingerprint density at radius 3 is 0.962 bits per heavy atom. The molecule has 0 saturated carbocycles. The van der Waals surface area contributed by atoms with Gasteiger partial charge in [-0.2, -0.15) is 0 Å². The van der Waals surface area contributed by atoms with E-state index in [9.17, 15) is 10.2 Å². The van der Waals surface area contributed by atoms with Crippen molar-refractivity contribution in [1.82, 2.24) is 0 Å². The van der Waals surface area contributed by atoms with E-state index in [1.54, 1.807) is 24.6 Å². The predicted molar refractivity (Wildman–Crippen MR) is 229 cm³/mol. The first kappa shape index (κ1) is 54.3. The van der Waals surface area contributed by atoms with Gasteiger partial charge < -0.3 is 25.1 Å². The van der Waals surface area contributed by atoms with Crippen molar-refractivity contribution in [1.29, 1.82) is 0 Å². The molecular formula is C44H64N2Ni2O2P2.